The van der Waals surface area contributed by atoms with Crippen molar-refractivity contribution in [1.29, 1.82) is 0 Å². The molecule has 33 heavy (non-hydrogen) atoms. The van der Waals surface area contributed by atoms with Crippen molar-refractivity contribution in [3.8, 4) is 5.75 Å². The second-order valence-corrected chi connectivity index (χ2v) is 7.85. The number of hydrogen-bond acceptors (Lipinski definition) is 6. The van der Waals surface area contributed by atoms with Crippen molar-refractivity contribution in [1.82, 2.24) is 10.7 Å². The summed E-state index contributed by atoms with van der Waals surface area (Å²) in [5, 5.41) is 9.50. The van der Waals surface area contributed by atoms with E-state index in [9.17, 15) is 14.4 Å². The standard InChI is InChI=1S/C23H25ClN4O5/c1-15-4-7-17(24)11-20(15)27-22(30)23(31)28-26-12-16-5-8-18(9-6-16)33-14-21(29)25-13-19-3-2-10-32-19/h4-9,11-12,19H,2-3,10,13-14H2,1H3,(H,25,29)(H,27,30)(H,28,31)/b26-12-/t19-/m1/s1. The summed E-state index contributed by atoms with van der Waals surface area (Å²) in [5.74, 6) is -1.48. The molecule has 1 heterocycles. The second-order valence-electron chi connectivity index (χ2n) is 7.41. The Hall–Kier alpha value is -3.43. The molecule has 0 bridgehead atoms. The largest absolute Gasteiger partial charge is 0.484 e. The van der Waals surface area contributed by atoms with Gasteiger partial charge in [0.25, 0.3) is 5.91 Å². The summed E-state index contributed by atoms with van der Waals surface area (Å²) in [5.41, 5.74) is 4.05. The van der Waals surface area contributed by atoms with E-state index < -0.39 is 11.8 Å². The summed E-state index contributed by atoms with van der Waals surface area (Å²) in [6.45, 7) is 2.91. The van der Waals surface area contributed by atoms with Crippen molar-refractivity contribution < 1.29 is 23.9 Å². The molecule has 174 valence electrons. The van der Waals surface area contributed by atoms with E-state index in [0.29, 0.717) is 28.6 Å². The van der Waals surface area contributed by atoms with Crippen LogP contribution in [0.15, 0.2) is 47.6 Å². The van der Waals surface area contributed by atoms with Gasteiger partial charge in [-0.1, -0.05) is 17.7 Å². The highest BCUT2D eigenvalue weighted by Crippen LogP contribution is 2.20. The van der Waals surface area contributed by atoms with Crippen LogP contribution in [0.3, 0.4) is 0 Å². The number of benzene rings is 2. The van der Waals surface area contributed by atoms with Gasteiger partial charge in [-0.3, -0.25) is 14.4 Å². The summed E-state index contributed by atoms with van der Waals surface area (Å²) in [7, 11) is 0. The number of amides is 3. The first kappa shape index (κ1) is 24.2. The van der Waals surface area contributed by atoms with Crippen molar-refractivity contribution in [2.24, 2.45) is 5.10 Å². The molecule has 0 spiro atoms. The van der Waals surface area contributed by atoms with E-state index in [-0.39, 0.29) is 18.6 Å². The summed E-state index contributed by atoms with van der Waals surface area (Å²) in [6.07, 6.45) is 3.44. The molecule has 2 aromatic rings. The van der Waals surface area contributed by atoms with Gasteiger partial charge in [-0.25, -0.2) is 5.43 Å². The molecule has 2 aromatic carbocycles. The number of hydrazone groups is 1. The molecule has 0 radical (unpaired) electrons. The number of rotatable bonds is 8. The Labute approximate surface area is 196 Å². The molecule has 1 aliphatic rings. The maximum absolute atomic E-state index is 12.0. The van der Waals surface area contributed by atoms with Gasteiger partial charge in [0, 0.05) is 23.9 Å². The van der Waals surface area contributed by atoms with E-state index in [4.69, 9.17) is 21.1 Å². The molecule has 0 aromatic heterocycles. The number of aryl methyl sites for hydroxylation is 1. The number of carbonyl (C=O) groups excluding carboxylic acids is 3. The van der Waals surface area contributed by atoms with Crippen molar-refractivity contribution in [3.63, 3.8) is 0 Å². The number of ether oxygens (including phenoxy) is 2. The first-order valence-corrected chi connectivity index (χ1v) is 10.8. The van der Waals surface area contributed by atoms with Crippen LogP contribution in [0.2, 0.25) is 5.02 Å². The number of anilines is 1. The average molecular weight is 473 g/mol. The fraction of sp³-hybridized carbons (Fsp3) is 0.304. The average Bonchev–Trinajstić information content (AvgIpc) is 3.33. The molecule has 0 aliphatic carbocycles. The van der Waals surface area contributed by atoms with E-state index in [0.717, 1.165) is 25.0 Å². The van der Waals surface area contributed by atoms with Crippen molar-refractivity contribution in [3.05, 3.63) is 58.6 Å². The highest BCUT2D eigenvalue weighted by Gasteiger charge is 2.16. The summed E-state index contributed by atoms with van der Waals surface area (Å²) in [4.78, 5) is 35.8. The third-order valence-electron chi connectivity index (χ3n) is 4.83. The van der Waals surface area contributed by atoms with Gasteiger partial charge in [-0.15, -0.1) is 0 Å². The van der Waals surface area contributed by atoms with Crippen LogP contribution >= 0.6 is 11.6 Å². The SMILES string of the molecule is Cc1ccc(Cl)cc1NC(=O)C(=O)N/N=C\c1ccc(OCC(=O)NC[C@H]2CCCO2)cc1. The lowest BCUT2D eigenvalue weighted by Crippen LogP contribution is -2.35. The maximum atomic E-state index is 12.0. The van der Waals surface area contributed by atoms with Crippen LogP contribution < -0.4 is 20.8 Å². The van der Waals surface area contributed by atoms with Gasteiger partial charge < -0.3 is 20.1 Å². The van der Waals surface area contributed by atoms with Crippen LogP contribution in [0.5, 0.6) is 5.75 Å². The zero-order chi connectivity index (χ0) is 23.6. The predicted molar refractivity (Wildman–Crippen MR) is 124 cm³/mol. The Kier molecular flexibility index (Phi) is 8.79. The van der Waals surface area contributed by atoms with Gasteiger partial charge in [0.1, 0.15) is 5.75 Å². The topological polar surface area (TPSA) is 118 Å². The molecule has 0 saturated carbocycles. The Balaban J connectivity index is 1.40. The normalized spacial score (nSPS) is 15.3. The summed E-state index contributed by atoms with van der Waals surface area (Å²) < 4.78 is 10.9. The molecule has 3 rings (SSSR count). The van der Waals surface area contributed by atoms with Crippen molar-refractivity contribution in [2.45, 2.75) is 25.9 Å². The Bertz CT molecular complexity index is 1020. The molecule has 1 aliphatic heterocycles. The van der Waals surface area contributed by atoms with Crippen LogP contribution in [-0.2, 0) is 19.1 Å². The molecule has 1 saturated heterocycles. The van der Waals surface area contributed by atoms with E-state index >= 15 is 0 Å². The van der Waals surface area contributed by atoms with Crippen LogP contribution in [0, 0.1) is 6.92 Å². The van der Waals surface area contributed by atoms with E-state index in [2.05, 4.69) is 21.2 Å². The molecule has 10 heteroatoms. The van der Waals surface area contributed by atoms with E-state index in [1.54, 1.807) is 49.4 Å². The zero-order valence-electron chi connectivity index (χ0n) is 18.1. The Morgan fingerprint density at radius 2 is 1.97 bits per heavy atom. The van der Waals surface area contributed by atoms with Crippen LogP contribution in [0.1, 0.15) is 24.0 Å². The Morgan fingerprint density at radius 1 is 1.18 bits per heavy atom. The molecular formula is C23H25ClN4O5. The highest BCUT2D eigenvalue weighted by molar-refractivity contribution is 6.40. The number of carbonyl (C=O) groups is 3. The quantitative estimate of drug-likeness (QED) is 0.310. The minimum absolute atomic E-state index is 0.0834. The monoisotopic (exact) mass is 472 g/mol. The lowest BCUT2D eigenvalue weighted by Gasteiger charge is -2.11. The summed E-state index contributed by atoms with van der Waals surface area (Å²) in [6, 6.07) is 11.7. The molecule has 9 nitrogen and oxygen atoms in total. The lowest BCUT2D eigenvalue weighted by atomic mass is 10.2. The van der Waals surface area contributed by atoms with Crippen LogP contribution in [0.4, 0.5) is 5.69 Å². The molecular weight excluding hydrogens is 448 g/mol. The number of nitrogens with zero attached hydrogens (tertiary/aromatic N) is 1. The van der Waals surface area contributed by atoms with Crippen molar-refractivity contribution >= 4 is 41.2 Å². The fourth-order valence-electron chi connectivity index (χ4n) is 3.01. The molecule has 0 unspecified atom stereocenters. The lowest BCUT2D eigenvalue weighted by molar-refractivity contribution is -0.136. The van der Waals surface area contributed by atoms with Crippen LogP contribution in [0.25, 0.3) is 0 Å². The number of halogens is 1. The van der Waals surface area contributed by atoms with Gasteiger partial charge in [-0.05, 0) is 67.3 Å². The highest BCUT2D eigenvalue weighted by atomic mass is 35.5. The molecule has 3 amide bonds. The predicted octanol–water partition coefficient (Wildman–Crippen LogP) is 2.41. The molecule has 1 fully saturated rings. The van der Waals surface area contributed by atoms with Crippen molar-refractivity contribution in [2.75, 3.05) is 25.1 Å². The minimum atomic E-state index is -0.917. The third kappa shape index (κ3) is 7.89. The van der Waals surface area contributed by atoms with Gasteiger partial charge in [-0.2, -0.15) is 5.10 Å². The van der Waals surface area contributed by atoms with Crippen LogP contribution in [-0.4, -0.2) is 49.8 Å². The zero-order valence-corrected chi connectivity index (χ0v) is 18.9. The van der Waals surface area contributed by atoms with E-state index in [1.807, 2.05) is 0 Å². The van der Waals surface area contributed by atoms with Gasteiger partial charge >= 0.3 is 11.8 Å². The summed E-state index contributed by atoms with van der Waals surface area (Å²) >= 11 is 5.91. The number of nitrogens with one attached hydrogen (secondary N) is 3. The number of hydrogen-bond donors (Lipinski definition) is 3. The van der Waals surface area contributed by atoms with Gasteiger partial charge in [0.2, 0.25) is 0 Å². The Morgan fingerprint density at radius 3 is 2.70 bits per heavy atom. The second kappa shape index (κ2) is 12.0. The molecule has 1 atom stereocenters. The maximum Gasteiger partial charge on any atom is 0.329 e. The smallest absolute Gasteiger partial charge is 0.329 e. The first-order chi connectivity index (χ1) is 15.9. The fourth-order valence-corrected chi connectivity index (χ4v) is 3.18. The van der Waals surface area contributed by atoms with E-state index in [1.165, 1.54) is 6.21 Å². The van der Waals surface area contributed by atoms with Gasteiger partial charge in [0.15, 0.2) is 6.61 Å². The van der Waals surface area contributed by atoms with Gasteiger partial charge in [0.05, 0.1) is 12.3 Å². The minimum Gasteiger partial charge on any atom is -0.484 e. The first-order valence-electron chi connectivity index (χ1n) is 10.4. The third-order valence-corrected chi connectivity index (χ3v) is 5.07. The molecule has 3 N–H and O–H groups in total.